The molecule has 4 aromatic rings. The molecule has 2 aromatic carbocycles. The number of fused-ring (bicyclic) bond motifs is 3. The molecule has 2 aromatic heterocycles. The molecule has 146 valence electrons. The molecule has 0 saturated carbocycles. The third kappa shape index (κ3) is 3.56. The van der Waals surface area contributed by atoms with Crippen LogP contribution in [0.15, 0.2) is 60.9 Å². The number of nitrogens with zero attached hydrogens (tertiary/aromatic N) is 2. The predicted molar refractivity (Wildman–Crippen MR) is 112 cm³/mol. The smallest absolute Gasteiger partial charge is 0.337 e. The lowest BCUT2D eigenvalue weighted by atomic mass is 10.0. The van der Waals surface area contributed by atoms with Gasteiger partial charge < -0.3 is 9.47 Å². The zero-order valence-electron chi connectivity index (χ0n) is 16.3. The van der Waals surface area contributed by atoms with Gasteiger partial charge in [0.15, 0.2) is 0 Å². The van der Waals surface area contributed by atoms with Crippen LogP contribution in [0.25, 0.3) is 21.8 Å². The summed E-state index contributed by atoms with van der Waals surface area (Å²) in [5.41, 5.74) is 3.26. The highest BCUT2D eigenvalue weighted by atomic mass is 16.5. The Morgan fingerprint density at radius 2 is 1.43 bits per heavy atom. The Morgan fingerprint density at radius 3 is 2.10 bits per heavy atom. The largest absolute Gasteiger partial charge is 0.465 e. The average molecular weight is 396 g/mol. The first-order chi connectivity index (χ1) is 14.6. The van der Waals surface area contributed by atoms with E-state index in [4.69, 9.17) is 9.47 Å². The summed E-state index contributed by atoms with van der Waals surface area (Å²) in [6, 6.07) is 14.1. The van der Waals surface area contributed by atoms with Crippen LogP contribution < -0.4 is 0 Å². The zero-order chi connectivity index (χ0) is 21.1. The van der Waals surface area contributed by atoms with Crippen molar-refractivity contribution in [3.63, 3.8) is 0 Å². The summed E-state index contributed by atoms with van der Waals surface area (Å²) in [5.74, 6) is 5.07. The summed E-state index contributed by atoms with van der Waals surface area (Å²) in [4.78, 5) is 32.9. The topological polar surface area (TPSA) is 78.4 Å². The van der Waals surface area contributed by atoms with E-state index in [1.54, 1.807) is 24.5 Å². The van der Waals surface area contributed by atoms with Gasteiger partial charge >= 0.3 is 11.9 Å². The van der Waals surface area contributed by atoms with Crippen LogP contribution in [0.4, 0.5) is 0 Å². The number of rotatable bonds is 2. The van der Waals surface area contributed by atoms with Gasteiger partial charge in [0.2, 0.25) is 0 Å². The molecule has 6 heteroatoms. The Kier molecular flexibility index (Phi) is 5.10. The second kappa shape index (κ2) is 8.02. The Balaban J connectivity index is 1.88. The fraction of sp³-hybridized carbons (Fsp3) is 0.0833. The third-order valence-corrected chi connectivity index (χ3v) is 4.58. The van der Waals surface area contributed by atoms with E-state index in [1.165, 1.54) is 20.3 Å². The lowest BCUT2D eigenvalue weighted by Gasteiger charge is -2.05. The molecule has 0 spiro atoms. The first-order valence-electron chi connectivity index (χ1n) is 9.07. The molecular formula is C24H16N2O4. The third-order valence-electron chi connectivity index (χ3n) is 4.58. The number of hydrogen-bond donors (Lipinski definition) is 0. The number of pyridine rings is 2. The number of hydrogen-bond acceptors (Lipinski definition) is 6. The number of methoxy groups -OCH3 is 2. The summed E-state index contributed by atoms with van der Waals surface area (Å²) in [5, 5.41) is 1.79. The predicted octanol–water partition coefficient (Wildman–Crippen LogP) is 3.76. The summed E-state index contributed by atoms with van der Waals surface area (Å²) in [7, 11) is 2.56. The maximum atomic E-state index is 12.0. The van der Waals surface area contributed by atoms with E-state index >= 15 is 0 Å². The van der Waals surface area contributed by atoms with E-state index in [1.807, 2.05) is 30.3 Å². The van der Waals surface area contributed by atoms with Crippen LogP contribution in [0, 0.1) is 11.8 Å². The van der Waals surface area contributed by atoms with Crippen LogP contribution in [-0.4, -0.2) is 36.1 Å². The quantitative estimate of drug-likeness (QED) is 0.292. The number of aromatic nitrogens is 2. The van der Waals surface area contributed by atoms with E-state index in [2.05, 4.69) is 21.8 Å². The molecule has 0 atom stereocenters. The molecule has 6 nitrogen and oxygen atoms in total. The normalized spacial score (nSPS) is 10.3. The molecule has 0 unspecified atom stereocenters. The monoisotopic (exact) mass is 396 g/mol. The number of ether oxygens (including phenoxy) is 2. The molecule has 0 saturated heterocycles. The summed E-state index contributed by atoms with van der Waals surface area (Å²) in [6.45, 7) is 0. The molecule has 0 aliphatic rings. The van der Waals surface area contributed by atoms with E-state index in [0.717, 1.165) is 27.4 Å². The van der Waals surface area contributed by atoms with Crippen LogP contribution in [0.1, 0.15) is 31.8 Å². The van der Waals surface area contributed by atoms with Crippen LogP contribution in [0.5, 0.6) is 0 Å². The Morgan fingerprint density at radius 1 is 0.800 bits per heavy atom. The van der Waals surface area contributed by atoms with Gasteiger partial charge in [-0.2, -0.15) is 0 Å². The maximum Gasteiger partial charge on any atom is 0.337 e. The van der Waals surface area contributed by atoms with Crippen LogP contribution in [0.3, 0.4) is 0 Å². The Labute approximate surface area is 172 Å². The highest BCUT2D eigenvalue weighted by Crippen LogP contribution is 2.25. The van der Waals surface area contributed by atoms with Crippen molar-refractivity contribution in [1.29, 1.82) is 0 Å². The molecule has 0 N–H and O–H groups in total. The molecular weight excluding hydrogens is 380 g/mol. The summed E-state index contributed by atoms with van der Waals surface area (Å²) < 4.78 is 9.55. The van der Waals surface area contributed by atoms with E-state index < -0.39 is 11.9 Å². The van der Waals surface area contributed by atoms with Gasteiger partial charge in [-0.3, -0.25) is 9.97 Å². The highest BCUT2D eigenvalue weighted by Gasteiger charge is 2.13. The van der Waals surface area contributed by atoms with Gasteiger partial charge in [-0.1, -0.05) is 17.9 Å². The van der Waals surface area contributed by atoms with Crippen LogP contribution >= 0.6 is 0 Å². The molecule has 0 fully saturated rings. The van der Waals surface area contributed by atoms with Crippen molar-refractivity contribution >= 4 is 33.7 Å². The first kappa shape index (κ1) is 19.1. The number of carbonyl (C=O) groups is 2. The van der Waals surface area contributed by atoms with Crippen molar-refractivity contribution in [2.75, 3.05) is 14.2 Å². The van der Waals surface area contributed by atoms with Gasteiger partial charge in [-0.25, -0.2) is 9.59 Å². The Bertz CT molecular complexity index is 1330. The minimum Gasteiger partial charge on any atom is -0.465 e. The van der Waals surface area contributed by atoms with Gasteiger partial charge in [-0.15, -0.1) is 0 Å². The zero-order valence-corrected chi connectivity index (χ0v) is 16.3. The number of esters is 2. The molecule has 4 rings (SSSR count). The van der Waals surface area contributed by atoms with Crippen molar-refractivity contribution in [1.82, 2.24) is 9.97 Å². The average Bonchev–Trinajstić information content (AvgIpc) is 2.81. The van der Waals surface area contributed by atoms with Crippen molar-refractivity contribution in [2.45, 2.75) is 0 Å². The standard InChI is InChI=1S/C24H16N2O4/c1-29-23(27)18-11-15(12-19(14-18)24(28)30-2)7-8-16-13-17-5-3-9-25-21(17)22-20(16)6-4-10-26-22/h3-6,9-14H,1-2H3. The minimum absolute atomic E-state index is 0.221. The second-order valence-electron chi connectivity index (χ2n) is 6.43. The highest BCUT2D eigenvalue weighted by molar-refractivity contribution is 6.05. The summed E-state index contributed by atoms with van der Waals surface area (Å²) >= 11 is 0. The van der Waals surface area contributed by atoms with E-state index in [-0.39, 0.29) is 11.1 Å². The van der Waals surface area contributed by atoms with Gasteiger partial charge in [0.05, 0.1) is 36.4 Å². The number of carbonyl (C=O) groups excluding carboxylic acids is 2. The molecule has 0 aliphatic carbocycles. The van der Waals surface area contributed by atoms with E-state index in [0.29, 0.717) is 5.56 Å². The molecule has 30 heavy (non-hydrogen) atoms. The Hall–Kier alpha value is -4.24. The lowest BCUT2D eigenvalue weighted by molar-refractivity contribution is 0.0599. The summed E-state index contributed by atoms with van der Waals surface area (Å²) in [6.07, 6.45) is 3.45. The molecule has 0 bridgehead atoms. The molecule has 0 amide bonds. The maximum absolute atomic E-state index is 12.0. The van der Waals surface area contributed by atoms with Crippen molar-refractivity contribution in [3.8, 4) is 11.8 Å². The van der Waals surface area contributed by atoms with Crippen LogP contribution in [-0.2, 0) is 9.47 Å². The van der Waals surface area contributed by atoms with Gasteiger partial charge in [0, 0.05) is 34.3 Å². The van der Waals surface area contributed by atoms with Gasteiger partial charge in [0.1, 0.15) is 0 Å². The lowest BCUT2D eigenvalue weighted by Crippen LogP contribution is -2.07. The fourth-order valence-corrected chi connectivity index (χ4v) is 3.19. The fourth-order valence-electron chi connectivity index (χ4n) is 3.19. The number of benzene rings is 2. The van der Waals surface area contributed by atoms with Gasteiger partial charge in [-0.05, 0) is 42.5 Å². The van der Waals surface area contributed by atoms with Gasteiger partial charge in [0.25, 0.3) is 0 Å². The molecule has 0 radical (unpaired) electrons. The first-order valence-corrected chi connectivity index (χ1v) is 9.07. The van der Waals surface area contributed by atoms with Crippen molar-refractivity contribution in [2.24, 2.45) is 0 Å². The van der Waals surface area contributed by atoms with Crippen molar-refractivity contribution in [3.05, 3.63) is 83.2 Å². The second-order valence-corrected chi connectivity index (χ2v) is 6.43. The molecule has 2 heterocycles. The SMILES string of the molecule is COC(=O)c1cc(C#Cc2cc3cccnc3c3ncccc23)cc(C(=O)OC)c1. The van der Waals surface area contributed by atoms with E-state index in [9.17, 15) is 9.59 Å². The molecule has 0 aliphatic heterocycles. The van der Waals surface area contributed by atoms with Crippen molar-refractivity contribution < 1.29 is 19.1 Å². The minimum atomic E-state index is -0.560. The van der Waals surface area contributed by atoms with Crippen LogP contribution in [0.2, 0.25) is 0 Å².